The highest BCUT2D eigenvalue weighted by atomic mass is 16.4. The van der Waals surface area contributed by atoms with Gasteiger partial charge in [0.05, 0.1) is 5.92 Å². The van der Waals surface area contributed by atoms with Crippen molar-refractivity contribution >= 4 is 5.97 Å². The van der Waals surface area contributed by atoms with Gasteiger partial charge in [0.15, 0.2) is 0 Å². The van der Waals surface area contributed by atoms with E-state index in [1.807, 2.05) is 0 Å². The van der Waals surface area contributed by atoms with Gasteiger partial charge in [-0.3, -0.25) is 4.79 Å². The van der Waals surface area contributed by atoms with Crippen LogP contribution in [0, 0.1) is 11.8 Å². The Labute approximate surface area is 84.9 Å². The second-order valence-corrected chi connectivity index (χ2v) is 4.87. The zero-order valence-corrected chi connectivity index (χ0v) is 8.70. The van der Waals surface area contributed by atoms with Crippen molar-refractivity contribution in [2.75, 3.05) is 0 Å². The molecule has 2 atom stereocenters. The number of hydrogen-bond acceptors (Lipinski definition) is 2. The Bertz CT molecular complexity index is 221. The molecule has 0 aromatic heterocycles. The van der Waals surface area contributed by atoms with Crippen LogP contribution in [0.1, 0.15) is 39.0 Å². The summed E-state index contributed by atoms with van der Waals surface area (Å²) in [6, 6.07) is 1.31. The molecular formula is C11H19NO2. The van der Waals surface area contributed by atoms with Gasteiger partial charge in [-0.15, -0.1) is 0 Å². The summed E-state index contributed by atoms with van der Waals surface area (Å²) in [6.07, 6.45) is 5.10. The monoisotopic (exact) mass is 197 g/mol. The van der Waals surface area contributed by atoms with Gasteiger partial charge in [-0.05, 0) is 38.0 Å². The van der Waals surface area contributed by atoms with E-state index in [1.54, 1.807) is 0 Å². The largest absolute Gasteiger partial charge is 0.481 e. The van der Waals surface area contributed by atoms with E-state index in [0.717, 1.165) is 37.6 Å². The van der Waals surface area contributed by atoms with Crippen molar-refractivity contribution in [2.45, 2.75) is 51.1 Å². The third-order valence-corrected chi connectivity index (χ3v) is 3.64. The minimum atomic E-state index is -0.608. The van der Waals surface area contributed by atoms with Crippen LogP contribution in [0.25, 0.3) is 0 Å². The molecule has 3 heteroatoms. The molecule has 0 heterocycles. The third kappa shape index (κ3) is 2.27. The summed E-state index contributed by atoms with van der Waals surface area (Å²) >= 11 is 0. The van der Waals surface area contributed by atoms with Gasteiger partial charge in [0.25, 0.3) is 0 Å². The molecule has 0 aliphatic heterocycles. The van der Waals surface area contributed by atoms with Crippen molar-refractivity contribution in [3.8, 4) is 0 Å². The lowest BCUT2D eigenvalue weighted by Crippen LogP contribution is -2.36. The van der Waals surface area contributed by atoms with Crippen molar-refractivity contribution in [2.24, 2.45) is 11.8 Å². The maximum absolute atomic E-state index is 10.7. The van der Waals surface area contributed by atoms with Crippen LogP contribution >= 0.6 is 0 Å². The van der Waals surface area contributed by atoms with E-state index < -0.39 is 5.97 Å². The number of carbonyl (C=O) groups is 1. The fourth-order valence-corrected chi connectivity index (χ4v) is 2.36. The molecular weight excluding hydrogens is 178 g/mol. The van der Waals surface area contributed by atoms with E-state index in [4.69, 9.17) is 5.11 Å². The smallest absolute Gasteiger partial charge is 0.306 e. The number of hydrogen-bond donors (Lipinski definition) is 2. The van der Waals surface area contributed by atoms with E-state index in [0.29, 0.717) is 6.04 Å². The van der Waals surface area contributed by atoms with E-state index in [2.05, 4.69) is 12.2 Å². The molecule has 0 saturated heterocycles. The average molecular weight is 197 g/mol. The minimum absolute atomic E-state index is 0.0790. The molecule has 2 saturated carbocycles. The van der Waals surface area contributed by atoms with Gasteiger partial charge in [-0.25, -0.2) is 0 Å². The summed E-state index contributed by atoms with van der Waals surface area (Å²) in [5, 5.41) is 12.4. The van der Waals surface area contributed by atoms with Crippen molar-refractivity contribution in [3.05, 3.63) is 0 Å². The molecule has 14 heavy (non-hydrogen) atoms. The van der Waals surface area contributed by atoms with Gasteiger partial charge < -0.3 is 10.4 Å². The van der Waals surface area contributed by atoms with Crippen LogP contribution in [-0.4, -0.2) is 23.2 Å². The fraction of sp³-hybridized carbons (Fsp3) is 0.909. The van der Waals surface area contributed by atoms with Gasteiger partial charge in [0.2, 0.25) is 0 Å². The first-order chi connectivity index (χ1) is 6.66. The summed E-state index contributed by atoms with van der Waals surface area (Å²) in [4.78, 5) is 10.7. The van der Waals surface area contributed by atoms with Crippen LogP contribution in [0.4, 0.5) is 0 Å². The maximum atomic E-state index is 10.7. The molecule has 0 aromatic rings. The molecule has 0 spiro atoms. The van der Waals surface area contributed by atoms with Crippen LogP contribution in [0.5, 0.6) is 0 Å². The molecule has 2 rings (SSSR count). The predicted octanol–water partition coefficient (Wildman–Crippen LogP) is 1.63. The Morgan fingerprint density at radius 1 is 1.29 bits per heavy atom. The second kappa shape index (κ2) is 3.89. The summed E-state index contributed by atoms with van der Waals surface area (Å²) in [6.45, 7) is 2.26. The molecule has 2 fully saturated rings. The average Bonchev–Trinajstić information content (AvgIpc) is 2.82. The number of rotatable bonds is 3. The van der Waals surface area contributed by atoms with Crippen molar-refractivity contribution in [1.82, 2.24) is 5.32 Å². The second-order valence-electron chi connectivity index (χ2n) is 4.87. The lowest BCUT2D eigenvalue weighted by atomic mass is 9.86. The van der Waals surface area contributed by atoms with Gasteiger partial charge in [-0.1, -0.05) is 6.92 Å². The molecule has 0 amide bonds. The maximum Gasteiger partial charge on any atom is 0.306 e. The predicted molar refractivity (Wildman–Crippen MR) is 54.1 cm³/mol. The Balaban J connectivity index is 1.70. The molecule has 2 unspecified atom stereocenters. The number of carboxylic acid groups (broad SMARTS) is 1. The van der Waals surface area contributed by atoms with Crippen molar-refractivity contribution < 1.29 is 9.90 Å². The van der Waals surface area contributed by atoms with E-state index in [9.17, 15) is 4.79 Å². The summed E-state index contributed by atoms with van der Waals surface area (Å²) in [7, 11) is 0. The molecule has 0 aromatic carbocycles. The molecule has 80 valence electrons. The van der Waals surface area contributed by atoms with Gasteiger partial charge in [0.1, 0.15) is 0 Å². The molecule has 2 aliphatic rings. The Hall–Kier alpha value is -0.570. The SMILES string of the molecule is CC1CC1NC1CCC(C(=O)O)CC1. The van der Waals surface area contributed by atoms with Gasteiger partial charge in [0, 0.05) is 12.1 Å². The molecule has 0 bridgehead atoms. The minimum Gasteiger partial charge on any atom is -0.481 e. The van der Waals surface area contributed by atoms with Gasteiger partial charge >= 0.3 is 5.97 Å². The first-order valence-corrected chi connectivity index (χ1v) is 5.65. The zero-order chi connectivity index (χ0) is 10.1. The van der Waals surface area contributed by atoms with Crippen molar-refractivity contribution in [3.63, 3.8) is 0 Å². The first-order valence-electron chi connectivity index (χ1n) is 5.65. The van der Waals surface area contributed by atoms with Gasteiger partial charge in [-0.2, -0.15) is 0 Å². The van der Waals surface area contributed by atoms with E-state index >= 15 is 0 Å². The quantitative estimate of drug-likeness (QED) is 0.723. The number of carboxylic acids is 1. The molecule has 3 nitrogen and oxygen atoms in total. The summed E-state index contributed by atoms with van der Waals surface area (Å²) in [5.74, 6) is 0.153. The Morgan fingerprint density at radius 3 is 2.29 bits per heavy atom. The highest BCUT2D eigenvalue weighted by Gasteiger charge is 2.35. The highest BCUT2D eigenvalue weighted by molar-refractivity contribution is 5.70. The normalized spacial score (nSPS) is 42.1. The first kappa shape index (κ1) is 9.97. The Morgan fingerprint density at radius 2 is 1.86 bits per heavy atom. The molecule has 2 aliphatic carbocycles. The summed E-state index contributed by atoms with van der Waals surface area (Å²) in [5.41, 5.74) is 0. The zero-order valence-electron chi connectivity index (χ0n) is 8.70. The van der Waals surface area contributed by atoms with Crippen LogP contribution in [-0.2, 0) is 4.79 Å². The standard InChI is InChI=1S/C11H19NO2/c1-7-6-10(7)12-9-4-2-8(3-5-9)11(13)14/h7-10,12H,2-6H2,1H3,(H,13,14). The fourth-order valence-electron chi connectivity index (χ4n) is 2.36. The third-order valence-electron chi connectivity index (χ3n) is 3.64. The van der Waals surface area contributed by atoms with E-state index in [-0.39, 0.29) is 5.92 Å². The molecule has 2 N–H and O–H groups in total. The van der Waals surface area contributed by atoms with Crippen LogP contribution in [0.3, 0.4) is 0 Å². The summed E-state index contributed by atoms with van der Waals surface area (Å²) < 4.78 is 0. The topological polar surface area (TPSA) is 49.3 Å². The van der Waals surface area contributed by atoms with Crippen LogP contribution in [0.15, 0.2) is 0 Å². The molecule has 0 radical (unpaired) electrons. The number of nitrogens with one attached hydrogen (secondary N) is 1. The lowest BCUT2D eigenvalue weighted by Gasteiger charge is -2.27. The van der Waals surface area contributed by atoms with Crippen molar-refractivity contribution in [1.29, 1.82) is 0 Å². The number of aliphatic carboxylic acids is 1. The highest BCUT2D eigenvalue weighted by Crippen LogP contribution is 2.32. The lowest BCUT2D eigenvalue weighted by molar-refractivity contribution is -0.142. The van der Waals surface area contributed by atoms with E-state index in [1.165, 1.54) is 6.42 Å². The van der Waals surface area contributed by atoms with Crippen LogP contribution in [0.2, 0.25) is 0 Å². The Kier molecular flexibility index (Phi) is 2.77. The van der Waals surface area contributed by atoms with Crippen LogP contribution < -0.4 is 5.32 Å².